The quantitative estimate of drug-likeness (QED) is 0.169. The first-order valence-corrected chi connectivity index (χ1v) is 20.7. The summed E-state index contributed by atoms with van der Waals surface area (Å²) in [6, 6.07) is 55.9. The van der Waals surface area contributed by atoms with Gasteiger partial charge in [-0.2, -0.15) is 0 Å². The van der Waals surface area contributed by atoms with Crippen molar-refractivity contribution >= 4 is 65.7 Å². The van der Waals surface area contributed by atoms with Gasteiger partial charge >= 0.3 is 0 Å². The molecule has 0 amide bonds. The molecule has 0 aliphatic heterocycles. The third kappa shape index (κ3) is 5.81. The van der Waals surface area contributed by atoms with Crippen LogP contribution in [0.25, 0.3) is 82.7 Å². The lowest BCUT2D eigenvalue weighted by atomic mass is 9.90. The van der Waals surface area contributed by atoms with Crippen LogP contribution in [0.2, 0.25) is 0 Å². The van der Waals surface area contributed by atoms with Gasteiger partial charge in [-0.25, -0.2) is 15.0 Å². The molecule has 0 saturated carbocycles. The molecule has 2 aliphatic rings. The van der Waals surface area contributed by atoms with Crippen LogP contribution < -0.4 is 0 Å². The van der Waals surface area contributed by atoms with Crippen molar-refractivity contribution in [3.63, 3.8) is 0 Å². The first-order chi connectivity index (χ1) is 29.7. The highest BCUT2D eigenvalue weighted by Gasteiger charge is 2.25. The Labute approximate surface area is 347 Å². The first-order valence-electron chi connectivity index (χ1n) is 20.7. The van der Waals surface area contributed by atoms with E-state index in [4.69, 9.17) is 19.4 Å². The van der Waals surface area contributed by atoms with Crippen LogP contribution >= 0.6 is 0 Å². The Morgan fingerprint density at radius 1 is 0.533 bits per heavy atom. The number of furan rings is 1. The van der Waals surface area contributed by atoms with Gasteiger partial charge in [0.2, 0.25) is 0 Å². The maximum Gasteiger partial charge on any atom is 0.164 e. The number of hydrogen-bond donors (Lipinski definition) is 0. The highest BCUT2D eigenvalue weighted by Crippen LogP contribution is 2.42. The van der Waals surface area contributed by atoms with Gasteiger partial charge in [-0.1, -0.05) is 158 Å². The monoisotopic (exact) mass is 770 g/mol. The Hall–Kier alpha value is -7.63. The summed E-state index contributed by atoms with van der Waals surface area (Å²) in [4.78, 5) is 16.1. The molecule has 0 fully saturated rings. The van der Waals surface area contributed by atoms with E-state index in [2.05, 4.69) is 187 Å². The molecule has 0 bridgehead atoms. The summed E-state index contributed by atoms with van der Waals surface area (Å²) in [5, 5.41) is 6.83. The zero-order valence-corrected chi connectivity index (χ0v) is 32.7. The average molecular weight is 771 g/mol. The van der Waals surface area contributed by atoms with Gasteiger partial charge in [0.1, 0.15) is 17.0 Å². The Morgan fingerprint density at radius 2 is 1.27 bits per heavy atom. The highest BCUT2D eigenvalue weighted by atomic mass is 16.3. The van der Waals surface area contributed by atoms with Crippen molar-refractivity contribution in [3.05, 3.63) is 217 Å². The van der Waals surface area contributed by atoms with Crippen molar-refractivity contribution < 1.29 is 4.42 Å². The van der Waals surface area contributed by atoms with E-state index in [0.29, 0.717) is 17.6 Å². The number of allylic oxidation sites excluding steroid dienone is 8. The number of aromatic nitrogens is 4. The van der Waals surface area contributed by atoms with Crippen LogP contribution in [0.3, 0.4) is 0 Å². The fraction of sp³-hybridized carbons (Fsp3) is 0.0727. The Morgan fingerprint density at radius 3 is 2.10 bits per heavy atom. The molecule has 0 spiro atoms. The van der Waals surface area contributed by atoms with Gasteiger partial charge in [-0.15, -0.1) is 0 Å². The van der Waals surface area contributed by atoms with E-state index in [1.54, 1.807) is 0 Å². The molecule has 10 aromatic rings. The SMILES string of the molecule is C1=CC(c2ccccc2)=CC(c2nc(C3=CCC(c4ccccc4)C=C3)nc(-c3cc(-n4c5ccccc5c5cc6ccccc6cc54)cc4oc5ccccc5c34)n2)C1. The second kappa shape index (κ2) is 14.0. The van der Waals surface area contributed by atoms with Crippen LogP contribution in [0.15, 0.2) is 199 Å². The Balaban J connectivity index is 1.09. The molecule has 2 aliphatic carbocycles. The number of rotatable bonds is 6. The van der Waals surface area contributed by atoms with Crippen LogP contribution in [0.1, 0.15) is 47.5 Å². The molecule has 0 radical (unpaired) electrons. The van der Waals surface area contributed by atoms with Crippen LogP contribution in [0.5, 0.6) is 0 Å². The van der Waals surface area contributed by atoms with Crippen molar-refractivity contribution in [2.24, 2.45) is 0 Å². The number of fused-ring (bicyclic) bond motifs is 7. The predicted octanol–water partition coefficient (Wildman–Crippen LogP) is 13.9. The van der Waals surface area contributed by atoms with Crippen molar-refractivity contribution in [2.75, 3.05) is 0 Å². The van der Waals surface area contributed by atoms with Gasteiger partial charge in [0.05, 0.1) is 16.7 Å². The second-order valence-electron chi connectivity index (χ2n) is 15.9. The molecule has 5 heteroatoms. The average Bonchev–Trinajstić information content (AvgIpc) is 3.86. The van der Waals surface area contributed by atoms with E-state index in [9.17, 15) is 0 Å². The molecule has 12 rings (SSSR count). The molecule has 284 valence electrons. The van der Waals surface area contributed by atoms with E-state index in [-0.39, 0.29) is 5.92 Å². The van der Waals surface area contributed by atoms with E-state index in [1.807, 2.05) is 12.1 Å². The van der Waals surface area contributed by atoms with Crippen LogP contribution in [0, 0.1) is 0 Å². The number of hydrogen-bond acceptors (Lipinski definition) is 4. The van der Waals surface area contributed by atoms with Gasteiger partial charge in [-0.3, -0.25) is 0 Å². The van der Waals surface area contributed by atoms with Gasteiger partial charge < -0.3 is 8.98 Å². The molecule has 3 aromatic heterocycles. The minimum absolute atomic E-state index is 0.0404. The van der Waals surface area contributed by atoms with E-state index in [1.165, 1.54) is 38.2 Å². The molecule has 3 heterocycles. The molecule has 2 unspecified atom stereocenters. The maximum atomic E-state index is 6.73. The minimum atomic E-state index is -0.0404. The lowest BCUT2D eigenvalue weighted by Crippen LogP contribution is -2.11. The van der Waals surface area contributed by atoms with Crippen molar-refractivity contribution in [3.8, 4) is 17.1 Å². The predicted molar refractivity (Wildman–Crippen MR) is 246 cm³/mol. The van der Waals surface area contributed by atoms with Gasteiger partial charge in [0, 0.05) is 50.6 Å². The molecular formula is C55H38N4O. The highest BCUT2D eigenvalue weighted by molar-refractivity contribution is 6.15. The van der Waals surface area contributed by atoms with Crippen LogP contribution in [-0.2, 0) is 0 Å². The third-order valence-corrected chi connectivity index (χ3v) is 12.2. The molecular weight excluding hydrogens is 733 g/mol. The summed E-state index contributed by atoms with van der Waals surface area (Å²) < 4.78 is 9.10. The molecule has 2 atom stereocenters. The molecule has 0 N–H and O–H groups in total. The largest absolute Gasteiger partial charge is 0.456 e. The van der Waals surface area contributed by atoms with E-state index in [0.717, 1.165) is 68.5 Å². The topological polar surface area (TPSA) is 56.7 Å². The zero-order chi connectivity index (χ0) is 39.6. The van der Waals surface area contributed by atoms with Gasteiger partial charge in [-0.05, 0) is 70.6 Å². The molecule has 0 saturated heterocycles. The molecule has 60 heavy (non-hydrogen) atoms. The summed E-state index contributed by atoms with van der Waals surface area (Å²) in [7, 11) is 0. The Kier molecular flexibility index (Phi) is 8.05. The van der Waals surface area contributed by atoms with E-state index < -0.39 is 0 Å². The number of benzene rings is 7. The van der Waals surface area contributed by atoms with Crippen molar-refractivity contribution in [2.45, 2.75) is 24.7 Å². The zero-order valence-electron chi connectivity index (χ0n) is 32.7. The summed E-state index contributed by atoms with van der Waals surface area (Å²) in [5.41, 5.74) is 10.4. The lowest BCUT2D eigenvalue weighted by Gasteiger charge is -2.19. The van der Waals surface area contributed by atoms with E-state index >= 15 is 0 Å². The molecule has 7 aromatic carbocycles. The smallest absolute Gasteiger partial charge is 0.164 e. The second-order valence-corrected chi connectivity index (χ2v) is 15.9. The standard InChI is InChI=1S/C55H38N4O/c1-3-14-35(15-4-1)37-26-28-38(29-27-37)53-56-54(42-21-13-20-39(30-42)36-16-5-2-6-17-36)58-55(57-53)47-33-43(34-51-52(47)45-23-10-12-25-50(45)60-51)59-48-24-11-9-22-44(48)46-31-40-18-7-8-19-41(40)32-49(46)59/h1-20,22-26,28-34,37,42H,21,27H2. The third-order valence-electron chi connectivity index (χ3n) is 12.2. The number of para-hydroxylation sites is 2. The summed E-state index contributed by atoms with van der Waals surface area (Å²) in [6.07, 6.45) is 15.2. The summed E-state index contributed by atoms with van der Waals surface area (Å²) >= 11 is 0. The van der Waals surface area contributed by atoms with Gasteiger partial charge in [0.25, 0.3) is 0 Å². The lowest BCUT2D eigenvalue weighted by molar-refractivity contribution is 0.668. The molecule has 5 nitrogen and oxygen atoms in total. The first kappa shape index (κ1) is 34.4. The fourth-order valence-corrected chi connectivity index (χ4v) is 9.30. The normalized spacial score (nSPS) is 16.6. The number of nitrogens with zero attached hydrogens (tertiary/aromatic N) is 4. The fourth-order valence-electron chi connectivity index (χ4n) is 9.30. The van der Waals surface area contributed by atoms with Crippen LogP contribution in [0.4, 0.5) is 0 Å². The van der Waals surface area contributed by atoms with Crippen molar-refractivity contribution in [1.82, 2.24) is 19.5 Å². The Bertz CT molecular complexity index is 3440. The summed E-state index contributed by atoms with van der Waals surface area (Å²) in [5.74, 6) is 2.32. The summed E-state index contributed by atoms with van der Waals surface area (Å²) in [6.45, 7) is 0. The minimum Gasteiger partial charge on any atom is -0.456 e. The van der Waals surface area contributed by atoms with Crippen LogP contribution in [-0.4, -0.2) is 19.5 Å². The van der Waals surface area contributed by atoms with Gasteiger partial charge in [0.15, 0.2) is 11.6 Å². The maximum absolute atomic E-state index is 6.73. The van der Waals surface area contributed by atoms with Crippen molar-refractivity contribution in [1.29, 1.82) is 0 Å².